The van der Waals surface area contributed by atoms with Crippen molar-refractivity contribution in [2.45, 2.75) is 13.0 Å². The second-order valence-corrected chi connectivity index (χ2v) is 6.47. The molecule has 1 aromatic carbocycles. The summed E-state index contributed by atoms with van der Waals surface area (Å²) in [6.07, 6.45) is 2.67. The molecule has 0 aliphatic carbocycles. The summed E-state index contributed by atoms with van der Waals surface area (Å²) in [5, 5.41) is 7.90. The highest BCUT2D eigenvalue weighted by molar-refractivity contribution is 14.0. The number of halogens is 1. The fourth-order valence-corrected chi connectivity index (χ4v) is 2.86. The van der Waals surface area contributed by atoms with Gasteiger partial charge in [-0.3, -0.25) is 9.98 Å². The fourth-order valence-electron chi connectivity index (χ4n) is 2.86. The van der Waals surface area contributed by atoms with Gasteiger partial charge in [-0.05, 0) is 29.8 Å². The predicted octanol–water partition coefficient (Wildman–Crippen LogP) is 3.22. The van der Waals surface area contributed by atoms with Gasteiger partial charge in [0.25, 0.3) is 0 Å². The van der Waals surface area contributed by atoms with Gasteiger partial charge < -0.3 is 15.5 Å². The smallest absolute Gasteiger partial charge is 0.191 e. The van der Waals surface area contributed by atoms with E-state index in [1.54, 1.807) is 7.05 Å². The van der Waals surface area contributed by atoms with E-state index in [0.717, 1.165) is 41.3 Å². The molecule has 0 saturated heterocycles. The topological polar surface area (TPSA) is 65.4 Å². The summed E-state index contributed by atoms with van der Waals surface area (Å²) in [5.74, 6) is 1.72. The van der Waals surface area contributed by atoms with Crippen molar-refractivity contribution in [1.82, 2.24) is 20.6 Å². The fraction of sp³-hybridized carbons (Fsp3) is 0.286. The molecular formula is C21H27IN6. The van der Waals surface area contributed by atoms with Crippen LogP contribution >= 0.6 is 24.0 Å². The zero-order chi connectivity index (χ0) is 19.1. The van der Waals surface area contributed by atoms with Crippen molar-refractivity contribution in [1.29, 1.82) is 0 Å². The number of para-hydroxylation sites is 1. The van der Waals surface area contributed by atoms with Gasteiger partial charge in [0, 0.05) is 57.9 Å². The van der Waals surface area contributed by atoms with E-state index >= 15 is 0 Å². The highest BCUT2D eigenvalue weighted by Gasteiger charge is 2.08. The van der Waals surface area contributed by atoms with Gasteiger partial charge in [0.1, 0.15) is 5.82 Å². The molecule has 0 aliphatic heterocycles. The van der Waals surface area contributed by atoms with E-state index in [9.17, 15) is 0 Å². The average molecular weight is 490 g/mol. The lowest BCUT2D eigenvalue weighted by Gasteiger charge is -2.17. The molecule has 6 nitrogen and oxygen atoms in total. The molecule has 0 radical (unpaired) electrons. The first-order valence-electron chi connectivity index (χ1n) is 9.08. The second kappa shape index (κ2) is 10.8. The predicted molar refractivity (Wildman–Crippen MR) is 128 cm³/mol. The summed E-state index contributed by atoms with van der Waals surface area (Å²) in [7, 11) is 5.80. The number of aliphatic imine (C=N–C) groups is 1. The number of anilines is 1. The van der Waals surface area contributed by atoms with Crippen molar-refractivity contribution < 1.29 is 0 Å². The first-order chi connectivity index (χ1) is 13.2. The molecule has 2 aromatic heterocycles. The number of hydrogen-bond donors (Lipinski definition) is 2. The molecule has 7 heteroatoms. The number of benzene rings is 1. The van der Waals surface area contributed by atoms with Crippen molar-refractivity contribution in [2.75, 3.05) is 32.6 Å². The number of pyridine rings is 2. The van der Waals surface area contributed by atoms with Crippen LogP contribution in [0.4, 0.5) is 5.82 Å². The van der Waals surface area contributed by atoms with Crippen molar-refractivity contribution in [3.05, 3.63) is 66.0 Å². The normalized spacial score (nSPS) is 11.0. The van der Waals surface area contributed by atoms with Gasteiger partial charge in [-0.1, -0.05) is 24.3 Å². The lowest BCUT2D eigenvalue weighted by atomic mass is 10.1. The average Bonchev–Trinajstić information content (AvgIpc) is 2.70. The number of nitrogens with zero attached hydrogens (tertiary/aromatic N) is 4. The van der Waals surface area contributed by atoms with Crippen molar-refractivity contribution in [3.8, 4) is 0 Å². The molecule has 0 atom stereocenters. The lowest BCUT2D eigenvalue weighted by molar-refractivity contribution is 0.785. The summed E-state index contributed by atoms with van der Waals surface area (Å²) < 4.78 is 0. The summed E-state index contributed by atoms with van der Waals surface area (Å²) in [5.41, 5.74) is 3.26. The number of nitrogens with one attached hydrogen (secondary N) is 2. The maximum absolute atomic E-state index is 4.71. The van der Waals surface area contributed by atoms with Crippen molar-refractivity contribution >= 4 is 46.7 Å². The number of rotatable bonds is 6. The van der Waals surface area contributed by atoms with Gasteiger partial charge in [0.2, 0.25) is 0 Å². The van der Waals surface area contributed by atoms with E-state index in [1.165, 1.54) is 5.56 Å². The Bertz CT molecular complexity index is 911. The third-order valence-corrected chi connectivity index (χ3v) is 4.32. The van der Waals surface area contributed by atoms with Gasteiger partial charge in [0.05, 0.1) is 5.52 Å². The number of fused-ring (bicyclic) bond motifs is 1. The largest absolute Gasteiger partial charge is 0.363 e. The van der Waals surface area contributed by atoms with Crippen molar-refractivity contribution in [2.24, 2.45) is 4.99 Å². The molecule has 0 amide bonds. The minimum atomic E-state index is 0. The van der Waals surface area contributed by atoms with Crippen LogP contribution in [0, 0.1) is 0 Å². The van der Waals surface area contributed by atoms with Crippen LogP contribution in [0.3, 0.4) is 0 Å². The number of guanidine groups is 1. The zero-order valence-corrected chi connectivity index (χ0v) is 18.8. The third kappa shape index (κ3) is 5.79. The molecule has 2 N–H and O–H groups in total. The molecule has 0 spiro atoms. The Morgan fingerprint density at radius 3 is 2.57 bits per heavy atom. The van der Waals surface area contributed by atoms with Crippen LogP contribution in [0.2, 0.25) is 0 Å². The minimum absolute atomic E-state index is 0. The molecular weight excluding hydrogens is 463 g/mol. The summed E-state index contributed by atoms with van der Waals surface area (Å²) in [6, 6.07) is 16.3. The van der Waals surface area contributed by atoms with Gasteiger partial charge in [-0.2, -0.15) is 0 Å². The molecule has 28 heavy (non-hydrogen) atoms. The maximum Gasteiger partial charge on any atom is 0.191 e. The van der Waals surface area contributed by atoms with E-state index in [2.05, 4.69) is 32.7 Å². The highest BCUT2D eigenvalue weighted by atomic mass is 127. The maximum atomic E-state index is 4.71. The highest BCUT2D eigenvalue weighted by Crippen LogP contribution is 2.21. The third-order valence-electron chi connectivity index (χ3n) is 4.32. The first-order valence-corrected chi connectivity index (χ1v) is 9.08. The molecule has 0 aliphatic rings. The van der Waals surface area contributed by atoms with E-state index in [4.69, 9.17) is 4.98 Å². The Balaban J connectivity index is 0.00000280. The van der Waals surface area contributed by atoms with Crippen LogP contribution < -0.4 is 15.5 Å². The van der Waals surface area contributed by atoms with Gasteiger partial charge in [0.15, 0.2) is 5.96 Å². The molecule has 148 valence electrons. The van der Waals surface area contributed by atoms with Crippen LogP contribution in [-0.2, 0) is 13.0 Å². The minimum Gasteiger partial charge on any atom is -0.363 e. The summed E-state index contributed by atoms with van der Waals surface area (Å²) >= 11 is 0. The van der Waals surface area contributed by atoms with Crippen LogP contribution in [0.5, 0.6) is 0 Å². The summed E-state index contributed by atoms with van der Waals surface area (Å²) in [6.45, 7) is 1.45. The quantitative estimate of drug-likeness (QED) is 0.316. The zero-order valence-electron chi connectivity index (χ0n) is 16.5. The van der Waals surface area contributed by atoms with Crippen LogP contribution in [-0.4, -0.2) is 43.6 Å². The number of hydrogen-bond acceptors (Lipinski definition) is 4. The van der Waals surface area contributed by atoms with E-state index in [0.29, 0.717) is 6.54 Å². The molecule has 0 fully saturated rings. The Hall–Kier alpha value is -2.42. The van der Waals surface area contributed by atoms with Gasteiger partial charge >= 0.3 is 0 Å². The Labute approximate surface area is 183 Å². The van der Waals surface area contributed by atoms with Gasteiger partial charge in [-0.25, -0.2) is 4.98 Å². The molecule has 0 unspecified atom stereocenters. The van der Waals surface area contributed by atoms with Crippen LogP contribution in [0.25, 0.3) is 10.9 Å². The molecule has 2 heterocycles. The molecule has 3 rings (SSSR count). The van der Waals surface area contributed by atoms with Crippen molar-refractivity contribution in [3.63, 3.8) is 0 Å². The lowest BCUT2D eigenvalue weighted by Crippen LogP contribution is -2.38. The molecule has 0 saturated carbocycles. The standard InChI is InChI=1S/C21H26N6.HI/c1-22-21(24-13-11-17-8-6-7-12-23-17)25-15-16-14-20(27(2)3)26-19-10-5-4-9-18(16)19;/h4-10,12,14H,11,13,15H2,1-3H3,(H2,22,24,25);1H. The van der Waals surface area contributed by atoms with E-state index < -0.39 is 0 Å². The molecule has 3 aromatic rings. The van der Waals surface area contributed by atoms with E-state index in [-0.39, 0.29) is 24.0 Å². The Morgan fingerprint density at radius 1 is 1.07 bits per heavy atom. The first kappa shape index (κ1) is 21.9. The van der Waals surface area contributed by atoms with Gasteiger partial charge in [-0.15, -0.1) is 24.0 Å². The molecule has 0 bridgehead atoms. The van der Waals surface area contributed by atoms with Crippen LogP contribution in [0.15, 0.2) is 59.7 Å². The second-order valence-electron chi connectivity index (χ2n) is 6.47. The Morgan fingerprint density at radius 2 is 1.86 bits per heavy atom. The summed E-state index contributed by atoms with van der Waals surface area (Å²) in [4.78, 5) is 15.4. The number of aromatic nitrogens is 2. The Kier molecular flexibility index (Phi) is 8.43. The van der Waals surface area contributed by atoms with E-state index in [1.807, 2.05) is 61.6 Å². The monoisotopic (exact) mass is 490 g/mol. The SMILES string of the molecule is CN=C(NCCc1ccccn1)NCc1cc(N(C)C)nc2ccccc12.I. The van der Waals surface area contributed by atoms with Crippen LogP contribution in [0.1, 0.15) is 11.3 Å².